The van der Waals surface area contributed by atoms with E-state index in [9.17, 15) is 18.0 Å². The number of carbonyl (C=O) groups excluding carboxylic acids is 1. The molecule has 1 aromatic carbocycles. The molecule has 0 radical (unpaired) electrons. The first kappa shape index (κ1) is 18.0. The van der Waals surface area contributed by atoms with E-state index in [2.05, 4.69) is 15.5 Å². The topological polar surface area (TPSA) is 64.7 Å². The van der Waals surface area contributed by atoms with Crippen LogP contribution in [0.15, 0.2) is 42.6 Å². The van der Waals surface area contributed by atoms with Gasteiger partial charge in [0.25, 0.3) is 5.91 Å². The van der Waals surface area contributed by atoms with Crippen molar-refractivity contribution in [1.29, 1.82) is 0 Å². The number of nitrogens with one attached hydrogen (secondary N) is 1. The number of amides is 1. The fraction of sp³-hybridized carbons (Fsp3) is 0.188. The number of benzene rings is 1. The summed E-state index contributed by atoms with van der Waals surface area (Å²) in [6.07, 6.45) is -3.10. The molecule has 0 saturated carbocycles. The van der Waals surface area contributed by atoms with Crippen molar-refractivity contribution in [2.24, 2.45) is 7.05 Å². The summed E-state index contributed by atoms with van der Waals surface area (Å²) in [6.45, 7) is 0.487. The summed E-state index contributed by atoms with van der Waals surface area (Å²) < 4.78 is 40.9. The van der Waals surface area contributed by atoms with Crippen LogP contribution in [0.2, 0.25) is 5.02 Å². The number of alkyl halides is 3. The highest BCUT2D eigenvalue weighted by atomic mass is 35.5. The maximum atomic E-state index is 12.8. The van der Waals surface area contributed by atoms with Crippen LogP contribution in [0, 0.1) is 0 Å². The second-order valence-electron chi connectivity index (χ2n) is 5.47. The van der Waals surface area contributed by atoms with Crippen LogP contribution in [0.25, 0.3) is 0 Å². The van der Waals surface area contributed by atoms with E-state index >= 15 is 0 Å². The molecule has 0 bridgehead atoms. The maximum absolute atomic E-state index is 12.8. The highest BCUT2D eigenvalue weighted by molar-refractivity contribution is 6.34. The van der Waals surface area contributed by atoms with Crippen molar-refractivity contribution in [1.82, 2.24) is 19.6 Å². The minimum atomic E-state index is -4.75. The molecule has 1 N–H and O–H groups in total. The van der Waals surface area contributed by atoms with Crippen molar-refractivity contribution in [3.05, 3.63) is 64.6 Å². The van der Waals surface area contributed by atoms with Crippen LogP contribution in [0.5, 0.6) is 0 Å². The van der Waals surface area contributed by atoms with Crippen molar-refractivity contribution < 1.29 is 18.0 Å². The number of nitrogens with zero attached hydrogens (tertiary/aromatic N) is 4. The summed E-state index contributed by atoms with van der Waals surface area (Å²) in [6, 6.07) is 11.1. The molecule has 6 nitrogen and oxygen atoms in total. The van der Waals surface area contributed by atoms with Crippen LogP contribution in [0.4, 0.5) is 19.0 Å². The molecule has 136 valence electrons. The first-order valence-electron chi connectivity index (χ1n) is 7.44. The molecule has 0 aliphatic rings. The molecule has 0 aliphatic heterocycles. The minimum absolute atomic E-state index is 0.191. The third-order valence-corrected chi connectivity index (χ3v) is 3.90. The molecule has 2 aromatic heterocycles. The molecule has 3 aromatic rings. The predicted molar refractivity (Wildman–Crippen MR) is 88.9 cm³/mol. The average molecular weight is 384 g/mol. The fourth-order valence-corrected chi connectivity index (χ4v) is 2.74. The molecule has 0 atom stereocenters. The highest BCUT2D eigenvalue weighted by Crippen LogP contribution is 2.35. The van der Waals surface area contributed by atoms with E-state index in [1.165, 1.54) is 13.1 Å². The van der Waals surface area contributed by atoms with Crippen LogP contribution < -0.4 is 5.32 Å². The number of hydrogen-bond acceptors (Lipinski definition) is 3. The van der Waals surface area contributed by atoms with E-state index in [4.69, 9.17) is 11.6 Å². The van der Waals surface area contributed by atoms with Gasteiger partial charge in [0.15, 0.2) is 11.5 Å². The van der Waals surface area contributed by atoms with E-state index in [1.807, 2.05) is 30.3 Å². The Kier molecular flexibility index (Phi) is 4.73. The lowest BCUT2D eigenvalue weighted by Gasteiger charge is -2.04. The van der Waals surface area contributed by atoms with Crippen LogP contribution in [0.3, 0.4) is 0 Å². The zero-order valence-electron chi connectivity index (χ0n) is 13.5. The van der Waals surface area contributed by atoms with Gasteiger partial charge in [-0.2, -0.15) is 23.4 Å². The number of anilines is 1. The second kappa shape index (κ2) is 6.83. The molecular formula is C16H13ClF3N5O. The lowest BCUT2D eigenvalue weighted by Crippen LogP contribution is -2.17. The van der Waals surface area contributed by atoms with Crippen LogP contribution in [-0.2, 0) is 19.8 Å². The molecule has 0 fully saturated rings. The van der Waals surface area contributed by atoms with Gasteiger partial charge in [0.2, 0.25) is 0 Å². The Morgan fingerprint density at radius 1 is 1.19 bits per heavy atom. The van der Waals surface area contributed by atoms with Gasteiger partial charge in [-0.3, -0.25) is 14.2 Å². The Balaban J connectivity index is 1.76. The first-order valence-corrected chi connectivity index (χ1v) is 7.82. The Hall–Kier alpha value is -2.81. The fourth-order valence-electron chi connectivity index (χ4n) is 2.39. The third kappa shape index (κ3) is 3.72. The first-order chi connectivity index (χ1) is 12.3. The zero-order chi connectivity index (χ0) is 18.9. The SMILES string of the molecule is Cn1nc(C(F)(F)F)c(Cl)c1C(=O)Nc1ccn(Cc2ccccc2)n1. The molecule has 3 rings (SSSR count). The van der Waals surface area contributed by atoms with Crippen molar-refractivity contribution in [2.45, 2.75) is 12.7 Å². The molecule has 0 aliphatic carbocycles. The molecule has 1 amide bonds. The zero-order valence-corrected chi connectivity index (χ0v) is 14.2. The van der Waals surface area contributed by atoms with Gasteiger partial charge in [-0.25, -0.2) is 0 Å². The number of aryl methyl sites for hydroxylation is 1. The smallest absolute Gasteiger partial charge is 0.304 e. The average Bonchev–Trinajstić information content (AvgIpc) is 3.11. The largest absolute Gasteiger partial charge is 0.436 e. The lowest BCUT2D eigenvalue weighted by atomic mass is 10.2. The lowest BCUT2D eigenvalue weighted by molar-refractivity contribution is -0.141. The summed E-state index contributed by atoms with van der Waals surface area (Å²) in [4.78, 5) is 12.3. The standard InChI is InChI=1S/C16H13ClF3N5O/c1-24-13(12(17)14(23-24)16(18,19)20)15(26)21-11-7-8-25(22-11)9-10-5-3-2-4-6-10/h2-8H,9H2,1H3,(H,21,22,26). The van der Waals surface area contributed by atoms with E-state index < -0.39 is 28.5 Å². The molecule has 10 heteroatoms. The number of halogens is 4. The summed E-state index contributed by atoms with van der Waals surface area (Å²) >= 11 is 5.70. The molecule has 26 heavy (non-hydrogen) atoms. The number of carbonyl (C=O) groups is 1. The van der Waals surface area contributed by atoms with Crippen molar-refractivity contribution in [2.75, 3.05) is 5.32 Å². The van der Waals surface area contributed by atoms with Crippen molar-refractivity contribution in [3.8, 4) is 0 Å². The molecule has 0 saturated heterocycles. The van der Waals surface area contributed by atoms with Gasteiger partial charge in [-0.1, -0.05) is 41.9 Å². The molecule has 0 spiro atoms. The van der Waals surface area contributed by atoms with Crippen molar-refractivity contribution >= 4 is 23.3 Å². The van der Waals surface area contributed by atoms with Crippen LogP contribution in [-0.4, -0.2) is 25.5 Å². The summed E-state index contributed by atoms with van der Waals surface area (Å²) in [5.41, 5.74) is -0.684. The van der Waals surface area contributed by atoms with Gasteiger partial charge in [-0.05, 0) is 5.56 Å². The van der Waals surface area contributed by atoms with E-state index in [0.717, 1.165) is 10.2 Å². The number of aromatic nitrogens is 4. The number of rotatable bonds is 4. The van der Waals surface area contributed by atoms with Gasteiger partial charge in [0.05, 0.1) is 6.54 Å². The monoisotopic (exact) mass is 383 g/mol. The molecule has 0 unspecified atom stereocenters. The maximum Gasteiger partial charge on any atom is 0.436 e. The summed E-state index contributed by atoms with van der Waals surface area (Å²) in [5, 5.41) is 9.13. The predicted octanol–water partition coefficient (Wildman–Crippen LogP) is 3.59. The van der Waals surface area contributed by atoms with Crippen molar-refractivity contribution in [3.63, 3.8) is 0 Å². The normalized spacial score (nSPS) is 11.6. The van der Waals surface area contributed by atoms with Gasteiger partial charge in [0.1, 0.15) is 10.7 Å². The van der Waals surface area contributed by atoms with Gasteiger partial charge < -0.3 is 5.32 Å². The Morgan fingerprint density at radius 3 is 2.50 bits per heavy atom. The Bertz CT molecular complexity index is 933. The molecule has 2 heterocycles. The van der Waals surface area contributed by atoms with Gasteiger partial charge in [0, 0.05) is 19.3 Å². The van der Waals surface area contributed by atoms with E-state index in [1.54, 1.807) is 10.9 Å². The van der Waals surface area contributed by atoms with E-state index in [0.29, 0.717) is 6.54 Å². The third-order valence-electron chi connectivity index (χ3n) is 3.54. The summed E-state index contributed by atoms with van der Waals surface area (Å²) in [7, 11) is 1.21. The quantitative estimate of drug-likeness (QED) is 0.748. The minimum Gasteiger partial charge on any atom is -0.304 e. The van der Waals surface area contributed by atoms with Gasteiger partial charge >= 0.3 is 6.18 Å². The van der Waals surface area contributed by atoms with Crippen LogP contribution >= 0.6 is 11.6 Å². The Morgan fingerprint density at radius 2 is 1.88 bits per heavy atom. The van der Waals surface area contributed by atoms with Gasteiger partial charge in [-0.15, -0.1) is 0 Å². The second-order valence-corrected chi connectivity index (χ2v) is 5.85. The number of hydrogen-bond donors (Lipinski definition) is 1. The Labute approximate surface area is 151 Å². The molecular weight excluding hydrogens is 371 g/mol. The highest BCUT2D eigenvalue weighted by Gasteiger charge is 2.39. The van der Waals surface area contributed by atoms with E-state index in [-0.39, 0.29) is 5.82 Å². The summed E-state index contributed by atoms with van der Waals surface area (Å²) in [5.74, 6) is -0.637. The van der Waals surface area contributed by atoms with Crippen LogP contribution in [0.1, 0.15) is 21.7 Å².